The Bertz CT molecular complexity index is 1370. The van der Waals surface area contributed by atoms with Gasteiger partial charge in [-0.25, -0.2) is 8.42 Å². The predicted molar refractivity (Wildman–Crippen MR) is 135 cm³/mol. The van der Waals surface area contributed by atoms with E-state index in [1.165, 1.54) is 36.4 Å². The lowest BCUT2D eigenvalue weighted by atomic mass is 10.1. The molecule has 0 saturated carbocycles. The fraction of sp³-hybridized carbons (Fsp3) is 0.0909. The van der Waals surface area contributed by atoms with Crippen LogP contribution in [-0.2, 0) is 10.0 Å². The lowest BCUT2D eigenvalue weighted by Crippen LogP contribution is -2.34. The van der Waals surface area contributed by atoms with Crippen LogP contribution in [0.25, 0.3) is 0 Å². The van der Waals surface area contributed by atoms with Gasteiger partial charge in [-0.05, 0) is 73.6 Å². The Morgan fingerprint density at radius 3 is 2.24 bits per heavy atom. The van der Waals surface area contributed by atoms with Crippen molar-refractivity contribution in [1.82, 2.24) is 5.32 Å². The number of aryl methyl sites for hydroxylation is 2. The Labute approximate surface area is 206 Å². The van der Waals surface area contributed by atoms with Gasteiger partial charge >= 0.3 is 0 Å². The first-order chi connectivity index (χ1) is 16.0. The van der Waals surface area contributed by atoms with Gasteiger partial charge in [-0.3, -0.25) is 24.9 Å². The van der Waals surface area contributed by atoms with Crippen molar-refractivity contribution in [1.29, 1.82) is 0 Å². The number of nitrogens with zero attached hydrogens (tertiary/aromatic N) is 1. The molecule has 0 heterocycles. The Morgan fingerprint density at radius 1 is 1.03 bits per heavy atom. The molecule has 0 aromatic heterocycles. The topological polar surface area (TPSA) is 130 Å². The van der Waals surface area contributed by atoms with E-state index in [9.17, 15) is 23.3 Å². The molecule has 9 nitrogen and oxygen atoms in total. The molecule has 0 fully saturated rings. The Kier molecular flexibility index (Phi) is 7.50. The van der Waals surface area contributed by atoms with Crippen molar-refractivity contribution < 1.29 is 18.1 Å². The zero-order valence-electron chi connectivity index (χ0n) is 18.0. The van der Waals surface area contributed by atoms with Gasteiger partial charge in [-0.1, -0.05) is 29.8 Å². The Hall–Kier alpha value is -3.54. The number of thiocarbonyl (C=S) groups is 1. The van der Waals surface area contributed by atoms with E-state index < -0.39 is 26.5 Å². The van der Waals surface area contributed by atoms with Gasteiger partial charge < -0.3 is 5.32 Å². The van der Waals surface area contributed by atoms with Gasteiger partial charge in [-0.15, -0.1) is 0 Å². The maximum Gasteiger partial charge on any atom is 0.288 e. The second-order valence-electron chi connectivity index (χ2n) is 7.23. The van der Waals surface area contributed by atoms with Crippen molar-refractivity contribution >= 4 is 61.9 Å². The van der Waals surface area contributed by atoms with Crippen LogP contribution in [0.4, 0.5) is 17.1 Å². The van der Waals surface area contributed by atoms with E-state index in [2.05, 4.69) is 15.4 Å². The molecule has 3 N–H and O–H groups in total. The van der Waals surface area contributed by atoms with Gasteiger partial charge in [0, 0.05) is 17.3 Å². The molecule has 0 radical (unpaired) electrons. The number of nitrogens with one attached hydrogen (secondary N) is 3. The first kappa shape index (κ1) is 25.1. The number of nitro groups is 1. The predicted octanol–water partition coefficient (Wildman–Crippen LogP) is 4.79. The van der Waals surface area contributed by atoms with Crippen molar-refractivity contribution in [3.8, 4) is 0 Å². The maximum absolute atomic E-state index is 12.8. The smallest absolute Gasteiger partial charge is 0.288 e. The number of anilines is 2. The van der Waals surface area contributed by atoms with Crippen LogP contribution >= 0.6 is 23.8 Å². The molecule has 34 heavy (non-hydrogen) atoms. The highest BCUT2D eigenvalue weighted by Gasteiger charge is 2.18. The number of nitro benzene ring substituents is 1. The molecule has 0 unspecified atom stereocenters. The summed E-state index contributed by atoms with van der Waals surface area (Å²) in [5.74, 6) is -0.672. The third kappa shape index (κ3) is 5.87. The van der Waals surface area contributed by atoms with Gasteiger partial charge in [0.25, 0.3) is 21.6 Å². The van der Waals surface area contributed by atoms with Crippen molar-refractivity contribution in [3.63, 3.8) is 0 Å². The molecule has 0 saturated heterocycles. The first-order valence-electron chi connectivity index (χ1n) is 9.73. The standard InChI is InChI=1S/C22H19ClN4O5S2/c1-13-4-3-5-14(2)20(13)26-34(31,32)17-9-7-16(8-10-17)24-22(33)25-21(28)15-6-11-18(23)19(12-15)27(29)30/h3-12,26H,1-2H3,(H2,24,25,28,33). The number of hydrogen-bond acceptors (Lipinski definition) is 6. The van der Waals surface area contributed by atoms with E-state index in [1.807, 2.05) is 32.0 Å². The highest BCUT2D eigenvalue weighted by Crippen LogP contribution is 2.26. The van der Waals surface area contributed by atoms with Crippen molar-refractivity contribution in [3.05, 3.63) is 92.5 Å². The van der Waals surface area contributed by atoms with Crippen LogP contribution < -0.4 is 15.4 Å². The number of carbonyl (C=O) groups excluding carboxylic acids is 1. The fourth-order valence-corrected chi connectivity index (χ4v) is 4.62. The molecule has 3 rings (SSSR count). The monoisotopic (exact) mass is 518 g/mol. The summed E-state index contributed by atoms with van der Waals surface area (Å²) >= 11 is 10.9. The summed E-state index contributed by atoms with van der Waals surface area (Å²) in [5.41, 5.74) is 2.15. The first-order valence-corrected chi connectivity index (χ1v) is 12.0. The average molecular weight is 519 g/mol. The fourth-order valence-electron chi connectivity index (χ4n) is 3.02. The summed E-state index contributed by atoms with van der Waals surface area (Å²) in [6.45, 7) is 3.63. The van der Waals surface area contributed by atoms with E-state index >= 15 is 0 Å². The van der Waals surface area contributed by atoms with E-state index in [4.69, 9.17) is 23.8 Å². The highest BCUT2D eigenvalue weighted by molar-refractivity contribution is 7.92. The summed E-state index contributed by atoms with van der Waals surface area (Å²) < 4.78 is 28.1. The lowest BCUT2D eigenvalue weighted by molar-refractivity contribution is -0.384. The number of amides is 1. The van der Waals surface area contributed by atoms with Gasteiger partial charge in [0.15, 0.2) is 5.11 Å². The molecule has 3 aromatic rings. The summed E-state index contributed by atoms with van der Waals surface area (Å²) in [7, 11) is -3.82. The summed E-state index contributed by atoms with van der Waals surface area (Å²) in [6, 6.07) is 14.9. The van der Waals surface area contributed by atoms with E-state index in [0.717, 1.165) is 17.2 Å². The molecule has 1 amide bonds. The van der Waals surface area contributed by atoms with Gasteiger partial charge in [0.2, 0.25) is 0 Å². The number of benzene rings is 3. The molecule has 0 spiro atoms. The molecule has 0 atom stereocenters. The second kappa shape index (κ2) is 10.2. The summed E-state index contributed by atoms with van der Waals surface area (Å²) in [5, 5.41) is 16.0. The Morgan fingerprint density at radius 2 is 1.65 bits per heavy atom. The normalized spacial score (nSPS) is 10.9. The average Bonchev–Trinajstić information content (AvgIpc) is 2.76. The molecule has 12 heteroatoms. The molecule has 3 aromatic carbocycles. The van der Waals surface area contributed by atoms with Crippen LogP contribution in [0.3, 0.4) is 0 Å². The Balaban J connectivity index is 1.67. The highest BCUT2D eigenvalue weighted by atomic mass is 35.5. The van der Waals surface area contributed by atoms with E-state index in [-0.39, 0.29) is 20.6 Å². The molecule has 0 aliphatic carbocycles. The minimum absolute atomic E-state index is 0.000681. The van der Waals surface area contributed by atoms with Crippen molar-refractivity contribution in [2.24, 2.45) is 0 Å². The lowest BCUT2D eigenvalue weighted by Gasteiger charge is -2.14. The quantitative estimate of drug-likeness (QED) is 0.243. The number of hydrogen-bond donors (Lipinski definition) is 3. The zero-order valence-corrected chi connectivity index (χ0v) is 20.3. The summed E-state index contributed by atoms with van der Waals surface area (Å²) in [4.78, 5) is 22.7. The second-order valence-corrected chi connectivity index (χ2v) is 9.73. The minimum atomic E-state index is -3.82. The van der Waals surface area contributed by atoms with Crippen LogP contribution in [-0.4, -0.2) is 24.4 Å². The van der Waals surface area contributed by atoms with Crippen molar-refractivity contribution in [2.75, 3.05) is 10.0 Å². The van der Waals surface area contributed by atoms with Crippen LogP contribution in [0.2, 0.25) is 5.02 Å². The SMILES string of the molecule is Cc1cccc(C)c1NS(=O)(=O)c1ccc(NC(=S)NC(=O)c2ccc(Cl)c([N+](=O)[O-])c2)cc1. The molecule has 176 valence electrons. The number of para-hydroxylation sites is 1. The number of carbonyl (C=O) groups is 1. The number of sulfonamides is 1. The molecule has 0 aliphatic rings. The van der Waals surface area contributed by atoms with Crippen LogP contribution in [0.1, 0.15) is 21.5 Å². The summed E-state index contributed by atoms with van der Waals surface area (Å²) in [6.07, 6.45) is 0. The van der Waals surface area contributed by atoms with Crippen LogP contribution in [0, 0.1) is 24.0 Å². The van der Waals surface area contributed by atoms with Crippen LogP contribution in [0.5, 0.6) is 0 Å². The molecular formula is C22H19ClN4O5S2. The third-order valence-corrected chi connectivity index (χ3v) is 6.66. The maximum atomic E-state index is 12.8. The van der Waals surface area contributed by atoms with E-state index in [0.29, 0.717) is 11.4 Å². The molecular weight excluding hydrogens is 500 g/mol. The van der Waals surface area contributed by atoms with Gasteiger partial charge in [0.05, 0.1) is 15.5 Å². The van der Waals surface area contributed by atoms with Crippen molar-refractivity contribution in [2.45, 2.75) is 18.7 Å². The zero-order chi connectivity index (χ0) is 25.0. The largest absolute Gasteiger partial charge is 0.332 e. The molecule has 0 aliphatic heterocycles. The number of halogens is 1. The van der Waals surface area contributed by atoms with Gasteiger partial charge in [0.1, 0.15) is 5.02 Å². The molecule has 0 bridgehead atoms. The number of rotatable bonds is 6. The third-order valence-electron chi connectivity index (χ3n) is 4.77. The van der Waals surface area contributed by atoms with E-state index in [1.54, 1.807) is 0 Å². The minimum Gasteiger partial charge on any atom is -0.332 e. The van der Waals surface area contributed by atoms with Crippen LogP contribution in [0.15, 0.2) is 65.6 Å². The van der Waals surface area contributed by atoms with Gasteiger partial charge in [-0.2, -0.15) is 0 Å².